The number of nitrogens with zero attached hydrogens (tertiary/aromatic N) is 1. The summed E-state index contributed by atoms with van der Waals surface area (Å²) < 4.78 is 18.0. The van der Waals surface area contributed by atoms with Crippen LogP contribution in [0.3, 0.4) is 0 Å². The monoisotopic (exact) mass is 388 g/mol. The molecule has 0 aliphatic heterocycles. The number of hydrogen-bond acceptors (Lipinski definition) is 6. The van der Waals surface area contributed by atoms with Crippen LogP contribution in [0.5, 0.6) is 0 Å². The minimum absolute atomic E-state index is 0.0126. The van der Waals surface area contributed by atoms with E-state index in [-0.39, 0.29) is 28.0 Å². The Morgan fingerprint density at radius 3 is 2.52 bits per heavy atom. The van der Waals surface area contributed by atoms with Crippen LogP contribution < -0.4 is 16.2 Å². The Morgan fingerprint density at radius 2 is 1.89 bits per heavy atom. The first kappa shape index (κ1) is 18.4. The van der Waals surface area contributed by atoms with Crippen molar-refractivity contribution in [3.05, 3.63) is 70.2 Å². The maximum absolute atomic E-state index is 13.0. The third-order valence-corrected chi connectivity index (χ3v) is 3.99. The molecule has 27 heavy (non-hydrogen) atoms. The Bertz CT molecular complexity index is 1030. The minimum atomic E-state index is -0.660. The lowest BCUT2D eigenvalue weighted by Gasteiger charge is -2.11. The van der Waals surface area contributed by atoms with Crippen molar-refractivity contribution in [2.75, 3.05) is 16.9 Å². The summed E-state index contributed by atoms with van der Waals surface area (Å²) in [6.07, 6.45) is 3.01. The van der Waals surface area contributed by atoms with Gasteiger partial charge in [-0.1, -0.05) is 11.8 Å². The maximum Gasteiger partial charge on any atom is 0.292 e. The van der Waals surface area contributed by atoms with Gasteiger partial charge in [-0.25, -0.2) is 9.37 Å². The number of amides is 2. The summed E-state index contributed by atoms with van der Waals surface area (Å²) in [5.74, 6) is -1.92. The number of H-pyrrole nitrogens is 1. The second kappa shape index (κ2) is 7.87. The molecule has 0 atom stereocenters. The van der Waals surface area contributed by atoms with Gasteiger partial charge in [-0.2, -0.15) is 0 Å². The predicted molar refractivity (Wildman–Crippen MR) is 97.7 cm³/mol. The van der Waals surface area contributed by atoms with Crippen molar-refractivity contribution in [1.82, 2.24) is 9.97 Å². The molecule has 3 rings (SSSR count). The van der Waals surface area contributed by atoms with Crippen LogP contribution in [-0.4, -0.2) is 28.0 Å². The molecule has 0 saturated carbocycles. The average Bonchev–Trinajstić information content (AvgIpc) is 3.19. The van der Waals surface area contributed by atoms with Gasteiger partial charge in [0.1, 0.15) is 5.82 Å². The first-order chi connectivity index (χ1) is 13.0. The molecule has 0 aliphatic rings. The molecule has 0 bridgehead atoms. The molecule has 0 spiro atoms. The Balaban J connectivity index is 1.93. The first-order valence-corrected chi connectivity index (χ1v) is 8.80. The largest absolute Gasteiger partial charge is 0.459 e. The first-order valence-electron chi connectivity index (χ1n) is 7.58. The molecule has 3 N–H and O–H groups in total. The maximum atomic E-state index is 13.0. The molecule has 2 heterocycles. The number of anilines is 2. The molecule has 2 amide bonds. The van der Waals surface area contributed by atoms with E-state index < -0.39 is 23.2 Å². The van der Waals surface area contributed by atoms with E-state index in [0.29, 0.717) is 0 Å². The highest BCUT2D eigenvalue weighted by molar-refractivity contribution is 7.98. The van der Waals surface area contributed by atoms with Gasteiger partial charge in [0.05, 0.1) is 6.26 Å². The van der Waals surface area contributed by atoms with Crippen molar-refractivity contribution < 1.29 is 18.4 Å². The molecular formula is C17H13FN4O4S. The smallest absolute Gasteiger partial charge is 0.292 e. The number of carbonyl (C=O) groups is 2. The SMILES string of the molecule is CSc1nc(NC(=O)c2ccco2)c(NC(=O)c2ccc(F)cc2)c(=O)[nH]1. The standard InChI is InChI=1S/C17H13FN4O4S/c1-27-17-21-13(20-15(24)11-3-2-8-26-11)12(16(25)22-17)19-14(23)9-4-6-10(18)7-5-9/h2-8H,1H3,(H,19,23)(H2,20,21,22,24,25). The molecule has 10 heteroatoms. The van der Waals surface area contributed by atoms with Gasteiger partial charge in [0.2, 0.25) is 0 Å². The quantitative estimate of drug-likeness (QED) is 0.457. The fourth-order valence-electron chi connectivity index (χ4n) is 2.12. The number of nitrogens with one attached hydrogen (secondary N) is 3. The van der Waals surface area contributed by atoms with Crippen molar-refractivity contribution >= 4 is 35.1 Å². The highest BCUT2D eigenvalue weighted by atomic mass is 32.2. The van der Waals surface area contributed by atoms with E-state index in [2.05, 4.69) is 20.6 Å². The van der Waals surface area contributed by atoms with Crippen LogP contribution in [0.25, 0.3) is 0 Å². The Kier molecular flexibility index (Phi) is 5.36. The fraction of sp³-hybridized carbons (Fsp3) is 0.0588. The van der Waals surface area contributed by atoms with Crippen LogP contribution in [0.2, 0.25) is 0 Å². The van der Waals surface area contributed by atoms with E-state index in [9.17, 15) is 18.8 Å². The van der Waals surface area contributed by atoms with Crippen molar-refractivity contribution in [3.8, 4) is 0 Å². The number of carbonyl (C=O) groups excluding carboxylic acids is 2. The molecule has 8 nitrogen and oxygen atoms in total. The summed E-state index contributed by atoms with van der Waals surface area (Å²) in [6, 6.07) is 7.74. The number of furan rings is 1. The van der Waals surface area contributed by atoms with Crippen LogP contribution in [0.4, 0.5) is 15.9 Å². The summed E-state index contributed by atoms with van der Waals surface area (Å²) in [5, 5.41) is 5.08. The van der Waals surface area contributed by atoms with Gasteiger partial charge >= 0.3 is 0 Å². The number of aromatic nitrogens is 2. The Morgan fingerprint density at radius 1 is 1.15 bits per heavy atom. The second-order valence-corrected chi connectivity index (χ2v) is 5.99. The van der Waals surface area contributed by atoms with Gasteiger partial charge in [0.15, 0.2) is 22.4 Å². The van der Waals surface area contributed by atoms with Crippen molar-refractivity contribution in [2.45, 2.75) is 5.16 Å². The van der Waals surface area contributed by atoms with E-state index in [1.54, 1.807) is 6.26 Å². The Labute approximate surface area is 156 Å². The molecule has 138 valence electrons. The van der Waals surface area contributed by atoms with E-state index in [4.69, 9.17) is 4.42 Å². The molecule has 0 unspecified atom stereocenters. The number of rotatable bonds is 5. The van der Waals surface area contributed by atoms with Gasteiger partial charge in [0, 0.05) is 5.56 Å². The number of hydrogen-bond donors (Lipinski definition) is 3. The van der Waals surface area contributed by atoms with Crippen molar-refractivity contribution in [1.29, 1.82) is 0 Å². The van der Waals surface area contributed by atoms with Crippen LogP contribution in [0.15, 0.2) is 57.0 Å². The lowest BCUT2D eigenvalue weighted by Crippen LogP contribution is -2.25. The van der Waals surface area contributed by atoms with E-state index >= 15 is 0 Å². The van der Waals surface area contributed by atoms with Gasteiger partial charge < -0.3 is 15.1 Å². The zero-order chi connectivity index (χ0) is 19.4. The topological polar surface area (TPSA) is 117 Å². The van der Waals surface area contributed by atoms with Crippen LogP contribution in [0, 0.1) is 5.82 Å². The molecule has 0 radical (unpaired) electrons. The van der Waals surface area contributed by atoms with Crippen molar-refractivity contribution in [2.24, 2.45) is 0 Å². The number of thioether (sulfide) groups is 1. The number of aromatic amines is 1. The minimum Gasteiger partial charge on any atom is -0.459 e. The number of halogens is 1. The summed E-state index contributed by atoms with van der Waals surface area (Å²) in [5.41, 5.74) is -0.769. The molecular weight excluding hydrogens is 375 g/mol. The van der Waals surface area contributed by atoms with Crippen LogP contribution in [0.1, 0.15) is 20.9 Å². The molecule has 0 fully saturated rings. The summed E-state index contributed by atoms with van der Waals surface area (Å²) >= 11 is 1.15. The second-order valence-electron chi connectivity index (χ2n) is 5.19. The molecule has 1 aromatic carbocycles. The lowest BCUT2D eigenvalue weighted by atomic mass is 10.2. The third-order valence-electron chi connectivity index (χ3n) is 3.41. The van der Waals surface area contributed by atoms with Gasteiger partial charge in [0.25, 0.3) is 17.4 Å². The highest BCUT2D eigenvalue weighted by Crippen LogP contribution is 2.19. The van der Waals surface area contributed by atoms with E-state index in [1.807, 2.05) is 0 Å². The normalized spacial score (nSPS) is 10.4. The Hall–Kier alpha value is -3.40. The highest BCUT2D eigenvalue weighted by Gasteiger charge is 2.19. The van der Waals surface area contributed by atoms with Crippen LogP contribution >= 0.6 is 11.8 Å². The molecule has 2 aromatic heterocycles. The summed E-state index contributed by atoms with van der Waals surface area (Å²) in [7, 11) is 0. The zero-order valence-corrected chi connectivity index (χ0v) is 14.7. The van der Waals surface area contributed by atoms with Gasteiger partial charge in [-0.05, 0) is 42.7 Å². The van der Waals surface area contributed by atoms with E-state index in [1.165, 1.54) is 30.5 Å². The number of benzene rings is 1. The van der Waals surface area contributed by atoms with Gasteiger partial charge in [-0.3, -0.25) is 19.4 Å². The zero-order valence-electron chi connectivity index (χ0n) is 13.9. The van der Waals surface area contributed by atoms with E-state index in [0.717, 1.165) is 23.9 Å². The fourth-order valence-corrected chi connectivity index (χ4v) is 2.50. The average molecular weight is 388 g/mol. The molecule has 0 saturated heterocycles. The lowest BCUT2D eigenvalue weighted by molar-refractivity contribution is 0.0992. The van der Waals surface area contributed by atoms with Gasteiger partial charge in [-0.15, -0.1) is 0 Å². The molecule has 3 aromatic rings. The predicted octanol–water partition coefficient (Wildman–Crippen LogP) is 2.73. The third kappa shape index (κ3) is 4.23. The van der Waals surface area contributed by atoms with Crippen LogP contribution in [-0.2, 0) is 0 Å². The summed E-state index contributed by atoms with van der Waals surface area (Å²) in [6.45, 7) is 0. The molecule has 0 aliphatic carbocycles. The van der Waals surface area contributed by atoms with Crippen molar-refractivity contribution in [3.63, 3.8) is 0 Å². The summed E-state index contributed by atoms with van der Waals surface area (Å²) in [4.78, 5) is 43.5.